The number of nitrogens with one attached hydrogen (secondary N) is 1. The van der Waals surface area contributed by atoms with Gasteiger partial charge < -0.3 is 21.2 Å². The minimum Gasteiger partial charge on any atom is -0.363 e. The first-order chi connectivity index (χ1) is 8.00. The Morgan fingerprint density at radius 3 is 2.88 bits per heavy atom. The number of anilines is 1. The summed E-state index contributed by atoms with van der Waals surface area (Å²) in [6.45, 7) is 2.28. The molecular weight excluding hydrogens is 222 g/mol. The normalized spacial score (nSPS) is 16.9. The van der Waals surface area contributed by atoms with Crippen LogP contribution in [0.1, 0.15) is 18.7 Å². The molecule has 17 heavy (non-hydrogen) atoms. The summed E-state index contributed by atoms with van der Waals surface area (Å²) < 4.78 is 1.68. The van der Waals surface area contributed by atoms with Crippen LogP contribution < -0.4 is 11.1 Å². The lowest BCUT2D eigenvalue weighted by Crippen LogP contribution is -2.31. The molecule has 0 amide bonds. The van der Waals surface area contributed by atoms with Crippen molar-refractivity contribution in [1.29, 1.82) is 0 Å². The molecule has 1 fully saturated rings. The van der Waals surface area contributed by atoms with Gasteiger partial charge in [-0.15, -0.1) is 0 Å². The van der Waals surface area contributed by atoms with Crippen molar-refractivity contribution in [1.82, 2.24) is 9.55 Å². The van der Waals surface area contributed by atoms with Gasteiger partial charge >= 0.3 is 5.82 Å². The first-order valence-corrected chi connectivity index (χ1v) is 5.68. The quantitative estimate of drug-likeness (QED) is 0.584. The molecule has 1 unspecified atom stereocenters. The van der Waals surface area contributed by atoms with E-state index in [4.69, 9.17) is 5.73 Å². The second-order valence-electron chi connectivity index (χ2n) is 4.53. The number of nitrogens with zero attached hydrogens (tertiary/aromatic N) is 3. The minimum atomic E-state index is -0.474. The fourth-order valence-corrected chi connectivity index (χ4v) is 1.82. The van der Waals surface area contributed by atoms with Gasteiger partial charge in [-0.05, 0) is 28.7 Å². The van der Waals surface area contributed by atoms with Crippen LogP contribution in [-0.4, -0.2) is 27.1 Å². The Hall–Kier alpha value is -1.63. The summed E-state index contributed by atoms with van der Waals surface area (Å²) in [4.78, 5) is 14.3. The summed E-state index contributed by atoms with van der Waals surface area (Å²) in [7, 11) is 1.75. The topological polar surface area (TPSA) is 99.0 Å². The molecule has 0 aliphatic heterocycles. The van der Waals surface area contributed by atoms with Gasteiger partial charge in [0.1, 0.15) is 0 Å². The summed E-state index contributed by atoms with van der Waals surface area (Å²) in [5.41, 5.74) is 5.95. The Bertz CT molecular complexity index is 438. The Labute approximate surface area is 99.2 Å². The number of hydrogen-bond acceptors (Lipinski definition) is 5. The predicted octanol–water partition coefficient (Wildman–Crippen LogP) is 0.786. The zero-order valence-electron chi connectivity index (χ0n) is 10.0. The molecule has 1 heterocycles. The Morgan fingerprint density at radius 2 is 2.35 bits per heavy atom. The van der Waals surface area contributed by atoms with Crippen LogP contribution in [0.2, 0.25) is 0 Å². The molecule has 0 saturated heterocycles. The van der Waals surface area contributed by atoms with Crippen molar-refractivity contribution in [3.8, 4) is 0 Å². The third-order valence-electron chi connectivity index (χ3n) is 3.21. The van der Waals surface area contributed by atoms with E-state index in [0.717, 1.165) is 12.8 Å². The zero-order chi connectivity index (χ0) is 12.6. The molecule has 1 aromatic heterocycles. The molecule has 0 spiro atoms. The fraction of sp³-hybridized carbons (Fsp3) is 0.700. The summed E-state index contributed by atoms with van der Waals surface area (Å²) in [5.74, 6) is 1.48. The molecule has 7 heteroatoms. The summed E-state index contributed by atoms with van der Waals surface area (Å²) in [6, 6.07) is 0.0600. The first-order valence-electron chi connectivity index (χ1n) is 5.68. The highest BCUT2D eigenvalue weighted by molar-refractivity contribution is 5.53. The van der Waals surface area contributed by atoms with Crippen molar-refractivity contribution in [2.24, 2.45) is 18.7 Å². The van der Waals surface area contributed by atoms with E-state index < -0.39 is 4.92 Å². The van der Waals surface area contributed by atoms with Gasteiger partial charge in [-0.2, -0.15) is 0 Å². The predicted molar refractivity (Wildman–Crippen MR) is 63.8 cm³/mol. The van der Waals surface area contributed by atoms with E-state index in [0.29, 0.717) is 24.1 Å². The molecular formula is C10H17N5O2. The van der Waals surface area contributed by atoms with E-state index in [9.17, 15) is 10.1 Å². The monoisotopic (exact) mass is 239 g/mol. The maximum absolute atomic E-state index is 10.8. The SMILES string of the molecule is Cc1nc([N+](=O)[O-])c(NCC(N)C2CC2)n1C. The lowest BCUT2D eigenvalue weighted by molar-refractivity contribution is -0.388. The van der Waals surface area contributed by atoms with Crippen LogP contribution in [0.5, 0.6) is 0 Å². The Kier molecular flexibility index (Phi) is 3.01. The standard InChI is InChI=1S/C10H17N5O2/c1-6-13-10(15(16)17)9(14(6)2)12-5-8(11)7-3-4-7/h7-8,12H,3-5,11H2,1-2H3. The van der Waals surface area contributed by atoms with Crippen LogP contribution in [0, 0.1) is 23.0 Å². The van der Waals surface area contributed by atoms with E-state index in [1.807, 2.05) is 0 Å². The minimum absolute atomic E-state index is 0.0600. The first kappa shape index (κ1) is 11.8. The lowest BCUT2D eigenvalue weighted by atomic mass is 10.2. The molecule has 0 aromatic carbocycles. The highest BCUT2D eigenvalue weighted by Crippen LogP contribution is 2.32. The third kappa shape index (κ3) is 2.38. The van der Waals surface area contributed by atoms with Gasteiger partial charge in [0, 0.05) is 26.6 Å². The van der Waals surface area contributed by atoms with Crippen LogP contribution in [-0.2, 0) is 7.05 Å². The number of aryl methyl sites for hydroxylation is 1. The molecule has 1 aliphatic carbocycles. The molecule has 1 aromatic rings. The Morgan fingerprint density at radius 1 is 1.71 bits per heavy atom. The zero-order valence-corrected chi connectivity index (χ0v) is 10.0. The van der Waals surface area contributed by atoms with Gasteiger partial charge in [0.2, 0.25) is 11.6 Å². The molecule has 1 atom stereocenters. The lowest BCUT2D eigenvalue weighted by Gasteiger charge is -2.12. The smallest absolute Gasteiger partial charge is 0.363 e. The second-order valence-corrected chi connectivity index (χ2v) is 4.53. The van der Waals surface area contributed by atoms with Crippen molar-refractivity contribution in [3.05, 3.63) is 15.9 Å². The largest absolute Gasteiger partial charge is 0.406 e. The number of nitrogens with two attached hydrogens (primary N) is 1. The second kappa shape index (κ2) is 4.33. The van der Waals surface area contributed by atoms with Crippen LogP contribution >= 0.6 is 0 Å². The molecule has 1 saturated carbocycles. The summed E-state index contributed by atoms with van der Waals surface area (Å²) in [6.07, 6.45) is 2.32. The highest BCUT2D eigenvalue weighted by atomic mass is 16.6. The number of nitro groups is 1. The molecule has 0 radical (unpaired) electrons. The van der Waals surface area contributed by atoms with E-state index >= 15 is 0 Å². The van der Waals surface area contributed by atoms with Crippen LogP contribution in [0.15, 0.2) is 0 Å². The van der Waals surface area contributed by atoms with E-state index in [2.05, 4.69) is 10.3 Å². The van der Waals surface area contributed by atoms with Crippen LogP contribution in [0.4, 0.5) is 11.6 Å². The molecule has 0 bridgehead atoms. The maximum Gasteiger partial charge on any atom is 0.406 e. The van der Waals surface area contributed by atoms with Gasteiger partial charge in [-0.3, -0.25) is 4.57 Å². The van der Waals surface area contributed by atoms with Crippen LogP contribution in [0.3, 0.4) is 0 Å². The van der Waals surface area contributed by atoms with Crippen molar-refractivity contribution in [2.75, 3.05) is 11.9 Å². The number of aromatic nitrogens is 2. The van der Waals surface area contributed by atoms with Crippen molar-refractivity contribution in [3.63, 3.8) is 0 Å². The molecule has 3 N–H and O–H groups in total. The van der Waals surface area contributed by atoms with Crippen molar-refractivity contribution in [2.45, 2.75) is 25.8 Å². The fourth-order valence-electron chi connectivity index (χ4n) is 1.82. The molecule has 2 rings (SSSR count). The average Bonchev–Trinajstić information content (AvgIpc) is 3.06. The molecule has 1 aliphatic rings. The van der Waals surface area contributed by atoms with Crippen molar-refractivity contribution >= 4 is 11.6 Å². The third-order valence-corrected chi connectivity index (χ3v) is 3.21. The number of hydrogen-bond donors (Lipinski definition) is 2. The van der Waals surface area contributed by atoms with Crippen molar-refractivity contribution < 1.29 is 4.92 Å². The highest BCUT2D eigenvalue weighted by Gasteiger charge is 2.30. The van der Waals surface area contributed by atoms with Gasteiger partial charge in [-0.25, -0.2) is 0 Å². The molecule has 94 valence electrons. The summed E-state index contributed by atoms with van der Waals surface area (Å²) >= 11 is 0. The van der Waals surface area contributed by atoms with Gasteiger partial charge in [0.15, 0.2) is 0 Å². The maximum atomic E-state index is 10.8. The summed E-state index contributed by atoms with van der Waals surface area (Å²) in [5, 5.41) is 13.9. The van der Waals surface area contributed by atoms with E-state index in [1.54, 1.807) is 18.5 Å². The van der Waals surface area contributed by atoms with E-state index in [-0.39, 0.29) is 11.9 Å². The number of rotatable bonds is 5. The van der Waals surface area contributed by atoms with E-state index in [1.165, 1.54) is 0 Å². The van der Waals surface area contributed by atoms with Gasteiger partial charge in [-0.1, -0.05) is 0 Å². The van der Waals surface area contributed by atoms with Gasteiger partial charge in [0.25, 0.3) is 0 Å². The Balaban J connectivity index is 2.10. The number of imidazole rings is 1. The average molecular weight is 239 g/mol. The van der Waals surface area contributed by atoms with Crippen LogP contribution in [0.25, 0.3) is 0 Å². The van der Waals surface area contributed by atoms with Gasteiger partial charge in [0.05, 0.1) is 0 Å². The molecule has 7 nitrogen and oxygen atoms in total.